The van der Waals surface area contributed by atoms with Crippen LogP contribution in [0.15, 0.2) is 17.7 Å². The van der Waals surface area contributed by atoms with Gasteiger partial charge in [-0.2, -0.15) is 9.97 Å². The second kappa shape index (κ2) is 5.52. The van der Waals surface area contributed by atoms with Gasteiger partial charge in [-0.25, -0.2) is 0 Å². The lowest BCUT2D eigenvalue weighted by Crippen LogP contribution is -2.07. The summed E-state index contributed by atoms with van der Waals surface area (Å²) in [5.41, 5.74) is 7.11. The molecule has 1 aliphatic rings. The van der Waals surface area contributed by atoms with E-state index < -0.39 is 0 Å². The summed E-state index contributed by atoms with van der Waals surface area (Å²) in [6.45, 7) is 0.867. The van der Waals surface area contributed by atoms with Crippen LogP contribution in [0.2, 0.25) is 0 Å². The van der Waals surface area contributed by atoms with Gasteiger partial charge in [-0.15, -0.1) is 0 Å². The third kappa shape index (κ3) is 3.34. The highest BCUT2D eigenvalue weighted by atomic mass is 16.5. The number of allylic oxidation sites excluding steroid dienone is 1. The van der Waals surface area contributed by atoms with E-state index in [0.717, 1.165) is 13.0 Å². The monoisotopic (exact) mass is 234 g/mol. The molecule has 1 heterocycles. The number of hydrogen-bond donors (Lipinski definition) is 2. The molecule has 0 aromatic carbocycles. The van der Waals surface area contributed by atoms with Crippen LogP contribution in [0.1, 0.15) is 25.7 Å². The highest BCUT2D eigenvalue weighted by Crippen LogP contribution is 2.20. The Bertz CT molecular complexity index is 417. The Hall–Kier alpha value is -1.78. The number of nitrogen functional groups attached to an aromatic ring is 1. The van der Waals surface area contributed by atoms with Gasteiger partial charge in [0.25, 0.3) is 0 Å². The molecule has 0 bridgehead atoms. The summed E-state index contributed by atoms with van der Waals surface area (Å²) < 4.78 is 5.03. The molecular formula is C12H18N4O. The number of anilines is 2. The Labute approximate surface area is 101 Å². The molecule has 1 aromatic heterocycles. The van der Waals surface area contributed by atoms with E-state index in [2.05, 4.69) is 21.4 Å². The quantitative estimate of drug-likeness (QED) is 0.762. The number of nitrogens with zero attached hydrogens (tertiary/aromatic N) is 2. The molecule has 2 rings (SSSR count). The van der Waals surface area contributed by atoms with E-state index in [1.807, 2.05) is 0 Å². The minimum absolute atomic E-state index is 0.229. The summed E-state index contributed by atoms with van der Waals surface area (Å²) >= 11 is 0. The molecule has 0 spiro atoms. The standard InChI is InChI=1S/C12H18N4O/c1-17-11-8-10(15-12(13)16-11)14-7-6-9-4-2-3-5-9/h4,8H,2-3,5-7H2,1H3,(H3,13,14,15,16). The van der Waals surface area contributed by atoms with E-state index in [0.29, 0.717) is 11.7 Å². The Morgan fingerprint density at radius 2 is 2.35 bits per heavy atom. The van der Waals surface area contributed by atoms with Crippen LogP contribution in [0.3, 0.4) is 0 Å². The Morgan fingerprint density at radius 3 is 3.06 bits per heavy atom. The molecule has 5 nitrogen and oxygen atoms in total. The van der Waals surface area contributed by atoms with Gasteiger partial charge in [0.1, 0.15) is 5.82 Å². The number of nitrogens with one attached hydrogen (secondary N) is 1. The molecule has 0 saturated carbocycles. The van der Waals surface area contributed by atoms with E-state index in [-0.39, 0.29) is 5.95 Å². The Morgan fingerprint density at radius 1 is 1.47 bits per heavy atom. The number of hydrogen-bond acceptors (Lipinski definition) is 5. The maximum absolute atomic E-state index is 5.58. The molecular weight excluding hydrogens is 216 g/mol. The molecule has 0 atom stereocenters. The SMILES string of the molecule is COc1cc(NCCC2=CCCC2)nc(N)n1. The van der Waals surface area contributed by atoms with Crippen molar-refractivity contribution in [1.82, 2.24) is 9.97 Å². The van der Waals surface area contributed by atoms with Crippen molar-refractivity contribution in [2.45, 2.75) is 25.7 Å². The fourth-order valence-electron chi connectivity index (χ4n) is 1.95. The summed E-state index contributed by atoms with van der Waals surface area (Å²) in [5, 5.41) is 3.24. The highest BCUT2D eigenvalue weighted by Gasteiger charge is 2.05. The van der Waals surface area contributed by atoms with Crippen LogP contribution < -0.4 is 15.8 Å². The van der Waals surface area contributed by atoms with Crippen molar-refractivity contribution in [1.29, 1.82) is 0 Å². The lowest BCUT2D eigenvalue weighted by molar-refractivity contribution is 0.398. The van der Waals surface area contributed by atoms with Gasteiger partial charge in [0, 0.05) is 12.6 Å². The third-order valence-electron chi connectivity index (χ3n) is 2.82. The normalized spacial score (nSPS) is 14.5. The third-order valence-corrected chi connectivity index (χ3v) is 2.82. The summed E-state index contributed by atoms with van der Waals surface area (Å²) in [6.07, 6.45) is 7.15. The van der Waals surface area contributed by atoms with Gasteiger partial charge < -0.3 is 15.8 Å². The van der Waals surface area contributed by atoms with E-state index in [1.165, 1.54) is 24.8 Å². The smallest absolute Gasteiger partial charge is 0.225 e. The molecule has 3 N–H and O–H groups in total. The predicted octanol–water partition coefficient (Wildman–Crippen LogP) is 1.98. The Balaban J connectivity index is 1.87. The lowest BCUT2D eigenvalue weighted by Gasteiger charge is -2.08. The molecule has 0 fully saturated rings. The topological polar surface area (TPSA) is 73.1 Å². The van der Waals surface area contributed by atoms with Crippen molar-refractivity contribution < 1.29 is 4.74 Å². The summed E-state index contributed by atoms with van der Waals surface area (Å²) in [6, 6.07) is 1.75. The molecule has 1 aliphatic carbocycles. The van der Waals surface area contributed by atoms with Crippen molar-refractivity contribution in [2.24, 2.45) is 0 Å². The molecule has 1 aromatic rings. The van der Waals surface area contributed by atoms with Crippen LogP contribution in [0.4, 0.5) is 11.8 Å². The number of ether oxygens (including phenoxy) is 1. The first kappa shape index (κ1) is 11.7. The highest BCUT2D eigenvalue weighted by molar-refractivity contribution is 5.42. The molecule has 92 valence electrons. The number of rotatable bonds is 5. The van der Waals surface area contributed by atoms with Crippen LogP contribution in [0, 0.1) is 0 Å². The number of methoxy groups -OCH3 is 1. The van der Waals surface area contributed by atoms with Gasteiger partial charge in [0.05, 0.1) is 7.11 Å². The van der Waals surface area contributed by atoms with Gasteiger partial charge in [0.15, 0.2) is 0 Å². The lowest BCUT2D eigenvalue weighted by atomic mass is 10.2. The zero-order valence-corrected chi connectivity index (χ0v) is 10.1. The second-order valence-corrected chi connectivity index (χ2v) is 4.09. The van der Waals surface area contributed by atoms with Crippen LogP contribution >= 0.6 is 0 Å². The van der Waals surface area contributed by atoms with Crippen molar-refractivity contribution in [3.8, 4) is 5.88 Å². The first-order valence-corrected chi connectivity index (χ1v) is 5.88. The van der Waals surface area contributed by atoms with E-state index in [9.17, 15) is 0 Å². The summed E-state index contributed by atoms with van der Waals surface area (Å²) in [5.74, 6) is 1.43. The van der Waals surface area contributed by atoms with Crippen molar-refractivity contribution >= 4 is 11.8 Å². The van der Waals surface area contributed by atoms with Crippen molar-refractivity contribution in [3.63, 3.8) is 0 Å². The molecule has 0 aliphatic heterocycles. The van der Waals surface area contributed by atoms with Crippen molar-refractivity contribution in [2.75, 3.05) is 24.7 Å². The van der Waals surface area contributed by atoms with Crippen LogP contribution in [-0.4, -0.2) is 23.6 Å². The van der Waals surface area contributed by atoms with Gasteiger partial charge in [0.2, 0.25) is 11.8 Å². The van der Waals surface area contributed by atoms with Gasteiger partial charge >= 0.3 is 0 Å². The maximum atomic E-state index is 5.58. The Kier molecular flexibility index (Phi) is 3.80. The van der Waals surface area contributed by atoms with Crippen molar-refractivity contribution in [3.05, 3.63) is 17.7 Å². The molecule has 0 saturated heterocycles. The minimum Gasteiger partial charge on any atom is -0.481 e. The molecule has 0 amide bonds. The zero-order chi connectivity index (χ0) is 12.1. The summed E-state index contributed by atoms with van der Waals surface area (Å²) in [7, 11) is 1.56. The minimum atomic E-state index is 0.229. The largest absolute Gasteiger partial charge is 0.481 e. The fraction of sp³-hybridized carbons (Fsp3) is 0.500. The molecule has 0 unspecified atom stereocenters. The average molecular weight is 234 g/mol. The van der Waals surface area contributed by atoms with Gasteiger partial charge in [-0.3, -0.25) is 0 Å². The zero-order valence-electron chi connectivity index (χ0n) is 10.1. The fourth-order valence-corrected chi connectivity index (χ4v) is 1.95. The van der Waals surface area contributed by atoms with E-state index >= 15 is 0 Å². The predicted molar refractivity (Wildman–Crippen MR) is 68.0 cm³/mol. The second-order valence-electron chi connectivity index (χ2n) is 4.09. The summed E-state index contributed by atoms with van der Waals surface area (Å²) in [4.78, 5) is 8.03. The van der Waals surface area contributed by atoms with Crippen LogP contribution in [-0.2, 0) is 0 Å². The number of aromatic nitrogens is 2. The van der Waals surface area contributed by atoms with Gasteiger partial charge in [-0.1, -0.05) is 11.6 Å². The van der Waals surface area contributed by atoms with E-state index in [4.69, 9.17) is 10.5 Å². The number of nitrogens with two attached hydrogens (primary N) is 1. The van der Waals surface area contributed by atoms with Crippen LogP contribution in [0.25, 0.3) is 0 Å². The first-order chi connectivity index (χ1) is 8.28. The van der Waals surface area contributed by atoms with E-state index in [1.54, 1.807) is 13.2 Å². The average Bonchev–Trinajstić information content (AvgIpc) is 2.81. The first-order valence-electron chi connectivity index (χ1n) is 5.88. The molecule has 17 heavy (non-hydrogen) atoms. The maximum Gasteiger partial charge on any atom is 0.225 e. The molecule has 5 heteroatoms. The molecule has 0 radical (unpaired) electrons. The van der Waals surface area contributed by atoms with Crippen LogP contribution in [0.5, 0.6) is 5.88 Å². The van der Waals surface area contributed by atoms with Gasteiger partial charge in [-0.05, 0) is 25.7 Å².